The zero-order chi connectivity index (χ0) is 19.1. The monoisotopic (exact) mass is 365 g/mol. The van der Waals surface area contributed by atoms with E-state index in [2.05, 4.69) is 46.2 Å². The van der Waals surface area contributed by atoms with Gasteiger partial charge in [0.1, 0.15) is 17.4 Å². The first-order chi connectivity index (χ1) is 13.2. The van der Waals surface area contributed by atoms with Crippen LogP contribution in [0.2, 0.25) is 0 Å². The first-order valence-electron chi connectivity index (χ1n) is 9.54. The Bertz CT molecular complexity index is 874. The largest absolute Gasteiger partial charge is 0.494 e. The zero-order valence-corrected chi connectivity index (χ0v) is 16.0. The van der Waals surface area contributed by atoms with E-state index >= 15 is 0 Å². The molecule has 0 saturated heterocycles. The number of carbonyl (C=O) groups is 1. The minimum atomic E-state index is 0.0723. The van der Waals surface area contributed by atoms with E-state index in [0.717, 1.165) is 48.4 Å². The third-order valence-electron chi connectivity index (χ3n) is 4.79. The van der Waals surface area contributed by atoms with Crippen LogP contribution in [0.1, 0.15) is 26.7 Å². The summed E-state index contributed by atoms with van der Waals surface area (Å²) < 4.78 is 8.04. The van der Waals surface area contributed by atoms with Crippen molar-refractivity contribution in [3.63, 3.8) is 0 Å². The second-order valence-electron chi connectivity index (χ2n) is 6.75. The zero-order valence-electron chi connectivity index (χ0n) is 16.0. The van der Waals surface area contributed by atoms with Crippen LogP contribution in [-0.4, -0.2) is 28.5 Å². The predicted octanol–water partition coefficient (Wildman–Crippen LogP) is 4.53. The van der Waals surface area contributed by atoms with Crippen molar-refractivity contribution in [2.24, 2.45) is 5.92 Å². The number of hydrogen-bond donors (Lipinski definition) is 1. The van der Waals surface area contributed by atoms with Crippen LogP contribution >= 0.6 is 0 Å². The summed E-state index contributed by atoms with van der Waals surface area (Å²) in [5, 5.41) is 4.41. The molecule has 142 valence electrons. The van der Waals surface area contributed by atoms with Gasteiger partial charge in [0.25, 0.3) is 0 Å². The smallest absolute Gasteiger partial charge is 0.134 e. The minimum Gasteiger partial charge on any atom is -0.494 e. The summed E-state index contributed by atoms with van der Waals surface area (Å²) in [6.45, 7) is 5.93. The molecule has 0 aliphatic rings. The van der Waals surface area contributed by atoms with Crippen LogP contribution in [0.3, 0.4) is 0 Å². The lowest BCUT2D eigenvalue weighted by atomic mass is 10.0. The topological polar surface area (TPSA) is 56.1 Å². The molecule has 5 heteroatoms. The molecule has 1 N–H and O–H groups in total. The van der Waals surface area contributed by atoms with Gasteiger partial charge in [-0.3, -0.25) is 4.79 Å². The number of pyridine rings is 1. The lowest BCUT2D eigenvalue weighted by Crippen LogP contribution is -2.16. The fourth-order valence-corrected chi connectivity index (χ4v) is 3.16. The molecule has 1 atom stereocenters. The molecule has 0 bridgehead atoms. The SMILES string of the molecule is CCC(Cn1ccc2cc(OCCCNc3ccccn3)ccc21)C(C)=O. The number of anilines is 1. The highest BCUT2D eigenvalue weighted by Gasteiger charge is 2.13. The molecule has 1 aromatic carbocycles. The summed E-state index contributed by atoms with van der Waals surface area (Å²) in [5.74, 6) is 2.08. The van der Waals surface area contributed by atoms with Gasteiger partial charge < -0.3 is 14.6 Å². The Balaban J connectivity index is 1.52. The number of fused-ring (bicyclic) bond motifs is 1. The molecule has 0 radical (unpaired) electrons. The fourth-order valence-electron chi connectivity index (χ4n) is 3.16. The Morgan fingerprint density at radius 2 is 2.15 bits per heavy atom. The Labute approximate surface area is 160 Å². The van der Waals surface area contributed by atoms with Gasteiger partial charge in [0.15, 0.2) is 0 Å². The van der Waals surface area contributed by atoms with Gasteiger partial charge in [0.2, 0.25) is 0 Å². The summed E-state index contributed by atoms with van der Waals surface area (Å²) in [5.41, 5.74) is 1.14. The summed E-state index contributed by atoms with van der Waals surface area (Å²) >= 11 is 0. The van der Waals surface area contributed by atoms with Gasteiger partial charge >= 0.3 is 0 Å². The highest BCUT2D eigenvalue weighted by Crippen LogP contribution is 2.23. The van der Waals surface area contributed by atoms with Crippen LogP contribution in [0.5, 0.6) is 5.75 Å². The fraction of sp³-hybridized carbons (Fsp3) is 0.364. The number of ketones is 1. The number of carbonyl (C=O) groups excluding carboxylic acids is 1. The molecule has 27 heavy (non-hydrogen) atoms. The highest BCUT2D eigenvalue weighted by atomic mass is 16.5. The second kappa shape index (κ2) is 9.21. The number of Topliss-reactive ketones (excluding diaryl/α,β-unsaturated/α-hetero) is 1. The van der Waals surface area contributed by atoms with Gasteiger partial charge in [-0.1, -0.05) is 13.0 Å². The number of aromatic nitrogens is 2. The van der Waals surface area contributed by atoms with Crippen molar-refractivity contribution in [2.75, 3.05) is 18.5 Å². The molecule has 0 saturated carbocycles. The number of ether oxygens (including phenoxy) is 1. The van der Waals surface area contributed by atoms with Gasteiger partial charge in [-0.2, -0.15) is 0 Å². The molecule has 2 heterocycles. The molecular formula is C22H27N3O2. The van der Waals surface area contributed by atoms with Gasteiger partial charge in [-0.15, -0.1) is 0 Å². The van der Waals surface area contributed by atoms with Crippen molar-refractivity contribution in [3.8, 4) is 5.75 Å². The summed E-state index contributed by atoms with van der Waals surface area (Å²) in [6, 6.07) is 14.0. The van der Waals surface area contributed by atoms with Crippen molar-refractivity contribution in [2.45, 2.75) is 33.2 Å². The van der Waals surface area contributed by atoms with E-state index in [-0.39, 0.29) is 11.7 Å². The van der Waals surface area contributed by atoms with E-state index in [1.165, 1.54) is 0 Å². The maximum atomic E-state index is 11.7. The average molecular weight is 365 g/mol. The normalized spacial score (nSPS) is 12.1. The van der Waals surface area contributed by atoms with Gasteiger partial charge in [0.05, 0.1) is 6.61 Å². The first-order valence-corrected chi connectivity index (χ1v) is 9.54. The highest BCUT2D eigenvalue weighted by molar-refractivity contribution is 5.82. The summed E-state index contributed by atoms with van der Waals surface area (Å²) in [6.07, 6.45) is 5.59. The van der Waals surface area contributed by atoms with Crippen molar-refractivity contribution in [3.05, 3.63) is 54.9 Å². The van der Waals surface area contributed by atoms with Crippen molar-refractivity contribution in [1.29, 1.82) is 0 Å². The quantitative estimate of drug-likeness (QED) is 0.536. The molecule has 3 rings (SSSR count). The molecule has 3 aromatic rings. The lowest BCUT2D eigenvalue weighted by Gasteiger charge is -2.13. The Morgan fingerprint density at radius 1 is 1.26 bits per heavy atom. The van der Waals surface area contributed by atoms with Gasteiger partial charge in [0, 0.05) is 42.3 Å². The molecule has 0 spiro atoms. The number of nitrogens with zero attached hydrogens (tertiary/aromatic N) is 2. The number of benzene rings is 1. The van der Waals surface area contributed by atoms with Crippen LogP contribution in [0.4, 0.5) is 5.82 Å². The molecular weight excluding hydrogens is 338 g/mol. The summed E-state index contributed by atoms with van der Waals surface area (Å²) in [7, 11) is 0. The Kier molecular flexibility index (Phi) is 6.47. The van der Waals surface area contributed by atoms with Crippen LogP contribution < -0.4 is 10.1 Å². The average Bonchev–Trinajstić information content (AvgIpc) is 3.08. The van der Waals surface area contributed by atoms with Crippen LogP contribution in [-0.2, 0) is 11.3 Å². The predicted molar refractivity (Wildman–Crippen MR) is 109 cm³/mol. The molecule has 0 fully saturated rings. The van der Waals surface area contributed by atoms with Crippen molar-refractivity contribution in [1.82, 2.24) is 9.55 Å². The van der Waals surface area contributed by atoms with Gasteiger partial charge in [-0.25, -0.2) is 4.98 Å². The molecule has 1 unspecified atom stereocenters. The maximum Gasteiger partial charge on any atom is 0.134 e. The maximum absolute atomic E-state index is 11.7. The van der Waals surface area contributed by atoms with Crippen LogP contribution in [0.25, 0.3) is 10.9 Å². The van der Waals surface area contributed by atoms with E-state index in [1.807, 2.05) is 24.3 Å². The van der Waals surface area contributed by atoms with Gasteiger partial charge in [-0.05, 0) is 56.2 Å². The number of rotatable bonds is 10. The van der Waals surface area contributed by atoms with Crippen molar-refractivity contribution >= 4 is 22.5 Å². The second-order valence-corrected chi connectivity index (χ2v) is 6.75. The van der Waals surface area contributed by atoms with E-state index in [0.29, 0.717) is 6.61 Å². The third kappa shape index (κ3) is 5.09. The van der Waals surface area contributed by atoms with Crippen LogP contribution in [0, 0.1) is 5.92 Å². The van der Waals surface area contributed by atoms with Crippen molar-refractivity contribution < 1.29 is 9.53 Å². The molecule has 5 nitrogen and oxygen atoms in total. The minimum absolute atomic E-state index is 0.0723. The van der Waals surface area contributed by atoms with E-state index in [1.54, 1.807) is 13.1 Å². The first kappa shape index (κ1) is 19.0. The molecule has 0 aliphatic heterocycles. The Morgan fingerprint density at radius 3 is 2.89 bits per heavy atom. The molecule has 0 aliphatic carbocycles. The van der Waals surface area contributed by atoms with E-state index in [9.17, 15) is 4.79 Å². The van der Waals surface area contributed by atoms with Crippen LogP contribution in [0.15, 0.2) is 54.9 Å². The number of nitrogens with one attached hydrogen (secondary N) is 1. The summed E-state index contributed by atoms with van der Waals surface area (Å²) in [4.78, 5) is 15.9. The van der Waals surface area contributed by atoms with E-state index < -0.39 is 0 Å². The standard InChI is InChI=1S/C22H27N3O2/c1-3-18(17(2)26)16-25-13-10-19-15-20(8-9-21(19)25)27-14-6-12-24-22-7-4-5-11-23-22/h4-5,7-11,13,15,18H,3,6,12,14,16H2,1-2H3,(H,23,24). The Hall–Kier alpha value is -2.82. The molecule has 2 aromatic heterocycles. The number of hydrogen-bond acceptors (Lipinski definition) is 4. The lowest BCUT2D eigenvalue weighted by molar-refractivity contribution is -0.121. The molecule has 0 amide bonds. The third-order valence-corrected chi connectivity index (χ3v) is 4.79. The van der Waals surface area contributed by atoms with E-state index in [4.69, 9.17) is 4.74 Å².